The highest BCUT2D eigenvalue weighted by Gasteiger charge is 2.28. The van der Waals surface area contributed by atoms with Gasteiger partial charge in [-0.05, 0) is 30.2 Å². The van der Waals surface area contributed by atoms with Crippen LogP contribution in [0.2, 0.25) is 0 Å². The van der Waals surface area contributed by atoms with Crippen LogP contribution in [0.15, 0.2) is 6.20 Å². The molecule has 1 aliphatic carbocycles. The Kier molecular flexibility index (Phi) is 11.9. The number of hydrogen-bond donors (Lipinski definition) is 1. The van der Waals surface area contributed by atoms with Crippen molar-refractivity contribution in [3.05, 3.63) is 17.5 Å². The van der Waals surface area contributed by atoms with Crippen LogP contribution >= 0.6 is 0 Å². The molecule has 0 fully saturated rings. The largest absolute Gasteiger partial charge is 0.480 e. The minimum absolute atomic E-state index is 0.0181. The van der Waals surface area contributed by atoms with E-state index in [1.165, 1.54) is 5.56 Å². The molecule has 124 valence electrons. The van der Waals surface area contributed by atoms with Crippen molar-refractivity contribution in [1.82, 2.24) is 9.78 Å². The van der Waals surface area contributed by atoms with E-state index in [0.717, 1.165) is 25.0 Å². The summed E-state index contributed by atoms with van der Waals surface area (Å²) in [6.45, 7) is 16.5. The molecule has 4 nitrogen and oxygen atoms in total. The third-order valence-electron chi connectivity index (χ3n) is 3.03. The van der Waals surface area contributed by atoms with Crippen molar-refractivity contribution in [2.45, 2.75) is 81.2 Å². The summed E-state index contributed by atoms with van der Waals surface area (Å²) in [6.07, 6.45) is 4.86. The Bertz CT molecular complexity index is 395. The number of hydrogen-bond acceptors (Lipinski definition) is 2. The van der Waals surface area contributed by atoms with Crippen LogP contribution in [0.3, 0.4) is 0 Å². The maximum Gasteiger partial charge on any atom is 0.325 e. The van der Waals surface area contributed by atoms with Gasteiger partial charge in [-0.25, -0.2) is 0 Å². The lowest BCUT2D eigenvalue weighted by molar-refractivity contribution is -0.137. The predicted molar refractivity (Wildman–Crippen MR) is 89.7 cm³/mol. The highest BCUT2D eigenvalue weighted by molar-refractivity contribution is 5.66. The van der Waals surface area contributed by atoms with Crippen LogP contribution < -0.4 is 0 Å². The molecule has 0 radical (unpaired) electrons. The van der Waals surface area contributed by atoms with Gasteiger partial charge in [0.1, 0.15) is 6.54 Å². The standard InChI is InChI=1S/C11H16N2O2.3C2H6/c1-11(2)4-3-9-8(5-11)6-12-13(9)7-10(14)15;3*1-2/h6H,3-5,7H2,1-2H3,(H,14,15);3*1-2H3. The Balaban J connectivity index is 0. The molecule has 1 aromatic rings. The quantitative estimate of drug-likeness (QED) is 0.870. The molecule has 4 heteroatoms. The normalized spacial score (nSPS) is 14.1. The number of aliphatic carboxylic acids is 1. The summed E-state index contributed by atoms with van der Waals surface area (Å²) in [5.74, 6) is -0.828. The first kappa shape index (κ1) is 22.0. The van der Waals surface area contributed by atoms with Gasteiger partial charge in [0.2, 0.25) is 0 Å². The maximum atomic E-state index is 10.6. The summed E-state index contributed by atoms with van der Waals surface area (Å²) < 4.78 is 1.62. The summed E-state index contributed by atoms with van der Waals surface area (Å²) in [5.41, 5.74) is 2.65. The Hall–Kier alpha value is -1.32. The molecule has 0 amide bonds. The molecule has 1 aromatic heterocycles. The summed E-state index contributed by atoms with van der Waals surface area (Å²) in [6, 6.07) is 0. The topological polar surface area (TPSA) is 55.1 Å². The molecule has 0 atom stereocenters. The zero-order valence-corrected chi connectivity index (χ0v) is 15.2. The number of carbonyl (C=O) groups is 1. The van der Waals surface area contributed by atoms with Crippen LogP contribution in [-0.4, -0.2) is 20.9 Å². The van der Waals surface area contributed by atoms with E-state index in [4.69, 9.17) is 5.11 Å². The van der Waals surface area contributed by atoms with Crippen LogP contribution in [-0.2, 0) is 24.2 Å². The molecule has 0 bridgehead atoms. The lowest BCUT2D eigenvalue weighted by Gasteiger charge is -2.29. The van der Waals surface area contributed by atoms with E-state index in [2.05, 4.69) is 18.9 Å². The Labute approximate surface area is 130 Å². The number of carboxylic acids is 1. The molecule has 1 heterocycles. The molecular formula is C17H34N2O2. The van der Waals surface area contributed by atoms with Crippen LogP contribution in [0.25, 0.3) is 0 Å². The fraction of sp³-hybridized carbons (Fsp3) is 0.765. The highest BCUT2D eigenvalue weighted by Crippen LogP contribution is 2.34. The minimum Gasteiger partial charge on any atom is -0.480 e. The van der Waals surface area contributed by atoms with E-state index in [-0.39, 0.29) is 6.54 Å². The fourth-order valence-electron chi connectivity index (χ4n) is 2.21. The number of carboxylic acid groups (broad SMARTS) is 1. The molecule has 0 aliphatic heterocycles. The van der Waals surface area contributed by atoms with Gasteiger partial charge in [-0.2, -0.15) is 5.10 Å². The summed E-state index contributed by atoms with van der Waals surface area (Å²) in [7, 11) is 0. The van der Waals surface area contributed by atoms with Crippen molar-refractivity contribution in [2.24, 2.45) is 5.41 Å². The van der Waals surface area contributed by atoms with E-state index in [1.807, 2.05) is 47.7 Å². The first-order valence-corrected chi connectivity index (χ1v) is 8.23. The third-order valence-corrected chi connectivity index (χ3v) is 3.03. The second-order valence-corrected chi connectivity index (χ2v) is 5.01. The molecule has 0 spiro atoms. The van der Waals surface area contributed by atoms with Gasteiger partial charge < -0.3 is 5.11 Å². The van der Waals surface area contributed by atoms with E-state index in [0.29, 0.717) is 5.41 Å². The van der Waals surface area contributed by atoms with E-state index in [1.54, 1.807) is 4.68 Å². The smallest absolute Gasteiger partial charge is 0.325 e. The van der Waals surface area contributed by atoms with Crippen LogP contribution in [0.4, 0.5) is 0 Å². The van der Waals surface area contributed by atoms with Crippen molar-refractivity contribution >= 4 is 5.97 Å². The van der Waals surface area contributed by atoms with Gasteiger partial charge in [0, 0.05) is 5.69 Å². The number of rotatable bonds is 2. The monoisotopic (exact) mass is 298 g/mol. The molecule has 2 rings (SSSR count). The van der Waals surface area contributed by atoms with Gasteiger partial charge in [-0.1, -0.05) is 55.4 Å². The van der Waals surface area contributed by atoms with Crippen molar-refractivity contribution in [2.75, 3.05) is 0 Å². The zero-order valence-electron chi connectivity index (χ0n) is 15.2. The molecule has 0 saturated heterocycles. The molecule has 0 saturated carbocycles. The average molecular weight is 298 g/mol. The maximum absolute atomic E-state index is 10.6. The van der Waals surface area contributed by atoms with E-state index >= 15 is 0 Å². The van der Waals surface area contributed by atoms with Gasteiger partial charge in [0.05, 0.1) is 6.20 Å². The summed E-state index contributed by atoms with van der Waals surface area (Å²) in [5, 5.41) is 12.9. The molecule has 0 unspecified atom stereocenters. The Morgan fingerprint density at radius 2 is 1.76 bits per heavy atom. The van der Waals surface area contributed by atoms with Crippen molar-refractivity contribution in [3.63, 3.8) is 0 Å². The highest BCUT2D eigenvalue weighted by atomic mass is 16.4. The van der Waals surface area contributed by atoms with Crippen LogP contribution in [0.1, 0.15) is 73.1 Å². The third kappa shape index (κ3) is 7.30. The number of nitrogens with zero attached hydrogens (tertiary/aromatic N) is 2. The lowest BCUT2D eigenvalue weighted by Crippen LogP contribution is -2.24. The molecule has 21 heavy (non-hydrogen) atoms. The molecule has 1 aliphatic rings. The SMILES string of the molecule is CC.CC.CC.CC1(C)CCc2c(cnn2CC(=O)O)C1. The minimum atomic E-state index is -0.828. The van der Waals surface area contributed by atoms with E-state index in [9.17, 15) is 4.79 Å². The molecular weight excluding hydrogens is 264 g/mol. The van der Waals surface area contributed by atoms with Gasteiger partial charge in [-0.3, -0.25) is 9.48 Å². The Morgan fingerprint density at radius 1 is 1.24 bits per heavy atom. The number of aromatic nitrogens is 2. The van der Waals surface area contributed by atoms with Crippen molar-refractivity contribution in [3.8, 4) is 0 Å². The zero-order chi connectivity index (χ0) is 17.1. The van der Waals surface area contributed by atoms with Gasteiger partial charge in [0.15, 0.2) is 0 Å². The second kappa shape index (κ2) is 11.4. The lowest BCUT2D eigenvalue weighted by atomic mass is 9.77. The second-order valence-electron chi connectivity index (χ2n) is 5.01. The van der Waals surface area contributed by atoms with E-state index < -0.39 is 5.97 Å². The average Bonchev–Trinajstić information content (AvgIpc) is 2.85. The fourth-order valence-corrected chi connectivity index (χ4v) is 2.21. The predicted octanol–water partition coefficient (Wildman–Crippen LogP) is 4.56. The Morgan fingerprint density at radius 3 is 2.24 bits per heavy atom. The summed E-state index contributed by atoms with van der Waals surface area (Å²) in [4.78, 5) is 10.6. The summed E-state index contributed by atoms with van der Waals surface area (Å²) >= 11 is 0. The van der Waals surface area contributed by atoms with Gasteiger partial charge in [-0.15, -0.1) is 0 Å². The molecule has 0 aromatic carbocycles. The van der Waals surface area contributed by atoms with Gasteiger partial charge >= 0.3 is 5.97 Å². The van der Waals surface area contributed by atoms with Crippen molar-refractivity contribution < 1.29 is 9.90 Å². The number of fused-ring (bicyclic) bond motifs is 1. The first-order valence-electron chi connectivity index (χ1n) is 8.23. The molecule has 1 N–H and O–H groups in total. The van der Waals surface area contributed by atoms with Crippen LogP contribution in [0, 0.1) is 5.41 Å². The van der Waals surface area contributed by atoms with Crippen molar-refractivity contribution in [1.29, 1.82) is 0 Å². The first-order chi connectivity index (χ1) is 9.98. The van der Waals surface area contributed by atoms with Crippen LogP contribution in [0.5, 0.6) is 0 Å². The van der Waals surface area contributed by atoms with Gasteiger partial charge in [0.25, 0.3) is 0 Å².